The number of rotatable bonds is 6. The van der Waals surface area contributed by atoms with E-state index in [9.17, 15) is 18.0 Å². The number of amides is 2. The topological polar surface area (TPSA) is 104 Å². The largest absolute Gasteiger partial charge is 0.326 e. The van der Waals surface area contributed by atoms with Crippen LogP contribution in [0.15, 0.2) is 53.4 Å². The summed E-state index contributed by atoms with van der Waals surface area (Å²) in [6, 6.07) is 12.1. The molecule has 0 aliphatic rings. The van der Waals surface area contributed by atoms with Gasteiger partial charge in [-0.05, 0) is 42.5 Å². The lowest BCUT2D eigenvalue weighted by molar-refractivity contribution is -0.114. The fraction of sp³-hybridized carbons (Fsp3) is 0.111. The summed E-state index contributed by atoms with van der Waals surface area (Å²) in [6.07, 6.45) is 5.05. The van der Waals surface area contributed by atoms with E-state index in [1.54, 1.807) is 24.3 Å². The third kappa shape index (κ3) is 5.17. The highest BCUT2D eigenvalue weighted by Gasteiger charge is 2.15. The summed E-state index contributed by atoms with van der Waals surface area (Å²) in [5, 5.41) is 5.28. The molecule has 0 saturated heterocycles. The zero-order chi connectivity index (χ0) is 19.2. The lowest BCUT2D eigenvalue weighted by atomic mass is 10.2. The van der Waals surface area contributed by atoms with Crippen LogP contribution < -0.4 is 15.4 Å². The Labute approximate surface area is 151 Å². The number of hydrogen-bond acceptors (Lipinski definition) is 4. The van der Waals surface area contributed by atoms with E-state index < -0.39 is 15.9 Å². The maximum atomic E-state index is 12.3. The molecular weight excluding hydrogens is 354 g/mol. The summed E-state index contributed by atoms with van der Waals surface area (Å²) < 4.78 is 26.4. The number of anilines is 2. The molecule has 7 nitrogen and oxygen atoms in total. The molecule has 0 aliphatic carbocycles. The van der Waals surface area contributed by atoms with E-state index in [1.807, 2.05) is 0 Å². The lowest BCUT2D eigenvalue weighted by Gasteiger charge is -2.09. The monoisotopic (exact) mass is 371 g/mol. The van der Waals surface area contributed by atoms with Crippen LogP contribution in [0.2, 0.25) is 0 Å². The van der Waals surface area contributed by atoms with Gasteiger partial charge < -0.3 is 10.6 Å². The standard InChI is InChI=1S/C18H17N3O4S/c1-3-11-19-26(24,25)17-6-4-5-14(12-17)18(23)21-16-9-7-15(8-10-16)20-13(2)22/h1,4-10,12,19H,11H2,2H3,(H,20,22)(H,21,23). The molecule has 0 aliphatic heterocycles. The summed E-state index contributed by atoms with van der Waals surface area (Å²) in [6.45, 7) is 1.26. The van der Waals surface area contributed by atoms with Gasteiger partial charge in [0.25, 0.3) is 5.91 Å². The predicted octanol–water partition coefficient (Wildman–Crippen LogP) is 1.81. The van der Waals surface area contributed by atoms with E-state index >= 15 is 0 Å². The Morgan fingerprint density at radius 3 is 2.23 bits per heavy atom. The molecule has 0 fully saturated rings. The minimum absolute atomic E-state index is 0.0543. The molecule has 2 aromatic carbocycles. The van der Waals surface area contributed by atoms with Crippen LogP contribution in [0.3, 0.4) is 0 Å². The van der Waals surface area contributed by atoms with Crippen molar-refractivity contribution in [2.75, 3.05) is 17.2 Å². The molecule has 0 aromatic heterocycles. The van der Waals surface area contributed by atoms with Gasteiger partial charge in [0.15, 0.2) is 0 Å². The lowest BCUT2D eigenvalue weighted by Crippen LogP contribution is -2.24. The van der Waals surface area contributed by atoms with E-state index in [2.05, 4.69) is 21.3 Å². The van der Waals surface area contributed by atoms with Crippen LogP contribution in [0.4, 0.5) is 11.4 Å². The van der Waals surface area contributed by atoms with E-state index in [-0.39, 0.29) is 22.9 Å². The maximum Gasteiger partial charge on any atom is 0.255 e. The Bertz CT molecular complexity index is 961. The number of sulfonamides is 1. The van der Waals surface area contributed by atoms with Crippen LogP contribution in [-0.2, 0) is 14.8 Å². The van der Waals surface area contributed by atoms with Crippen molar-refractivity contribution in [1.29, 1.82) is 0 Å². The van der Waals surface area contributed by atoms with Gasteiger partial charge in [0, 0.05) is 23.9 Å². The summed E-state index contributed by atoms with van der Waals surface area (Å²) in [4.78, 5) is 23.3. The average Bonchev–Trinajstić information content (AvgIpc) is 2.61. The van der Waals surface area contributed by atoms with Crippen LogP contribution in [0.25, 0.3) is 0 Å². The van der Waals surface area contributed by atoms with Crippen molar-refractivity contribution in [1.82, 2.24) is 4.72 Å². The van der Waals surface area contributed by atoms with E-state index in [1.165, 1.54) is 31.2 Å². The Hall–Kier alpha value is -3.15. The summed E-state index contributed by atoms with van der Waals surface area (Å²) >= 11 is 0. The van der Waals surface area contributed by atoms with Gasteiger partial charge in [0.05, 0.1) is 11.4 Å². The minimum Gasteiger partial charge on any atom is -0.326 e. The van der Waals surface area contributed by atoms with Crippen LogP contribution >= 0.6 is 0 Å². The van der Waals surface area contributed by atoms with Crippen molar-refractivity contribution in [3.8, 4) is 12.3 Å². The first-order valence-corrected chi connectivity index (χ1v) is 9.02. The highest BCUT2D eigenvalue weighted by molar-refractivity contribution is 7.89. The number of terminal acetylenes is 1. The van der Waals surface area contributed by atoms with Crippen LogP contribution in [0.5, 0.6) is 0 Å². The summed E-state index contributed by atoms with van der Waals surface area (Å²) in [5.74, 6) is 1.52. The summed E-state index contributed by atoms with van der Waals surface area (Å²) in [5.41, 5.74) is 1.28. The second-order valence-electron chi connectivity index (χ2n) is 5.27. The second-order valence-corrected chi connectivity index (χ2v) is 7.04. The SMILES string of the molecule is C#CCNS(=O)(=O)c1cccc(C(=O)Nc2ccc(NC(C)=O)cc2)c1. The molecule has 3 N–H and O–H groups in total. The normalized spacial score (nSPS) is 10.6. The first-order chi connectivity index (χ1) is 12.3. The van der Waals surface area contributed by atoms with Crippen LogP contribution in [0.1, 0.15) is 17.3 Å². The van der Waals surface area contributed by atoms with Gasteiger partial charge in [-0.25, -0.2) is 8.42 Å². The first kappa shape index (κ1) is 19.2. The van der Waals surface area contributed by atoms with Gasteiger partial charge >= 0.3 is 0 Å². The van der Waals surface area contributed by atoms with Crippen molar-refractivity contribution in [2.45, 2.75) is 11.8 Å². The highest BCUT2D eigenvalue weighted by Crippen LogP contribution is 2.16. The van der Waals surface area contributed by atoms with Gasteiger partial charge in [0.1, 0.15) is 0 Å². The van der Waals surface area contributed by atoms with Crippen LogP contribution in [-0.4, -0.2) is 26.8 Å². The Morgan fingerprint density at radius 2 is 1.65 bits per heavy atom. The van der Waals surface area contributed by atoms with Gasteiger partial charge in [0.2, 0.25) is 15.9 Å². The quantitative estimate of drug-likeness (QED) is 0.674. The van der Waals surface area contributed by atoms with Crippen molar-refractivity contribution in [3.05, 3.63) is 54.1 Å². The Kier molecular flexibility index (Phi) is 6.11. The molecule has 134 valence electrons. The molecule has 0 spiro atoms. The van der Waals surface area contributed by atoms with Gasteiger partial charge in [-0.15, -0.1) is 6.42 Å². The van der Waals surface area contributed by atoms with Crippen molar-refractivity contribution in [2.24, 2.45) is 0 Å². The van der Waals surface area contributed by atoms with Gasteiger partial charge in [-0.2, -0.15) is 4.72 Å². The number of carbonyl (C=O) groups excluding carboxylic acids is 2. The highest BCUT2D eigenvalue weighted by atomic mass is 32.2. The van der Waals surface area contributed by atoms with E-state index in [0.717, 1.165) is 0 Å². The van der Waals surface area contributed by atoms with Crippen LogP contribution in [0, 0.1) is 12.3 Å². The molecule has 2 amide bonds. The fourth-order valence-electron chi connectivity index (χ4n) is 2.07. The molecule has 2 aromatic rings. The fourth-order valence-corrected chi connectivity index (χ4v) is 3.05. The van der Waals surface area contributed by atoms with E-state index in [0.29, 0.717) is 11.4 Å². The number of hydrogen-bond donors (Lipinski definition) is 3. The Morgan fingerprint density at radius 1 is 1.04 bits per heavy atom. The first-order valence-electron chi connectivity index (χ1n) is 7.54. The molecular formula is C18H17N3O4S. The van der Waals surface area contributed by atoms with Crippen molar-refractivity contribution >= 4 is 33.2 Å². The minimum atomic E-state index is -3.78. The predicted molar refractivity (Wildman–Crippen MR) is 99.2 cm³/mol. The van der Waals surface area contributed by atoms with Gasteiger partial charge in [-0.1, -0.05) is 12.0 Å². The second kappa shape index (κ2) is 8.29. The smallest absolute Gasteiger partial charge is 0.255 e. The molecule has 0 atom stereocenters. The molecule has 0 bridgehead atoms. The van der Waals surface area contributed by atoms with Gasteiger partial charge in [-0.3, -0.25) is 9.59 Å². The molecule has 0 unspecified atom stereocenters. The zero-order valence-corrected chi connectivity index (χ0v) is 14.8. The third-order valence-electron chi connectivity index (χ3n) is 3.23. The molecule has 26 heavy (non-hydrogen) atoms. The molecule has 0 radical (unpaired) electrons. The van der Waals surface area contributed by atoms with Crippen molar-refractivity contribution < 1.29 is 18.0 Å². The number of carbonyl (C=O) groups is 2. The third-order valence-corrected chi connectivity index (χ3v) is 4.63. The average molecular weight is 371 g/mol. The molecule has 2 rings (SSSR count). The molecule has 0 saturated carbocycles. The molecule has 0 heterocycles. The van der Waals surface area contributed by atoms with E-state index in [4.69, 9.17) is 6.42 Å². The van der Waals surface area contributed by atoms with Crippen molar-refractivity contribution in [3.63, 3.8) is 0 Å². The molecule has 8 heteroatoms. The number of nitrogens with one attached hydrogen (secondary N) is 3. The maximum absolute atomic E-state index is 12.3. The zero-order valence-electron chi connectivity index (χ0n) is 13.9. The number of benzene rings is 2. The Balaban J connectivity index is 2.14. The summed E-state index contributed by atoms with van der Waals surface area (Å²) in [7, 11) is -3.78.